The maximum atomic E-state index is 11.1. The van der Waals surface area contributed by atoms with Crippen molar-refractivity contribution in [1.29, 1.82) is 0 Å². The molecule has 0 saturated heterocycles. The Morgan fingerprint density at radius 1 is 1.69 bits per heavy atom. The molecule has 70 valence electrons. The van der Waals surface area contributed by atoms with Crippen molar-refractivity contribution in [3.05, 3.63) is 29.6 Å². The highest BCUT2D eigenvalue weighted by Crippen LogP contribution is 2.11. The molecule has 13 heavy (non-hydrogen) atoms. The molecule has 0 bridgehead atoms. The van der Waals surface area contributed by atoms with E-state index in [2.05, 4.69) is 10.3 Å². The summed E-state index contributed by atoms with van der Waals surface area (Å²) in [6.45, 7) is 1.64. The molecule has 0 aromatic carbocycles. The van der Waals surface area contributed by atoms with Gasteiger partial charge in [-0.1, -0.05) is 0 Å². The number of nitrogens with zero attached hydrogens (tertiary/aromatic N) is 1. The number of aliphatic hydroxyl groups excluding tert-OH is 1. The van der Waals surface area contributed by atoms with Gasteiger partial charge in [0.05, 0.1) is 6.10 Å². The van der Waals surface area contributed by atoms with E-state index in [4.69, 9.17) is 0 Å². The van der Waals surface area contributed by atoms with Crippen LogP contribution >= 0.6 is 0 Å². The molecule has 1 atom stereocenters. The molecule has 0 aliphatic heterocycles. The highest BCUT2D eigenvalue weighted by atomic mass is 16.3. The van der Waals surface area contributed by atoms with Gasteiger partial charge in [-0.05, 0) is 24.6 Å². The molecule has 1 aromatic heterocycles. The van der Waals surface area contributed by atoms with Crippen molar-refractivity contribution in [1.82, 2.24) is 10.3 Å². The van der Waals surface area contributed by atoms with Crippen LogP contribution in [0.25, 0.3) is 0 Å². The number of aliphatic hydroxyl groups is 1. The predicted molar refractivity (Wildman–Crippen MR) is 48.3 cm³/mol. The zero-order valence-corrected chi connectivity index (χ0v) is 7.61. The number of hydrogen-bond acceptors (Lipinski definition) is 3. The van der Waals surface area contributed by atoms with Crippen LogP contribution in [0, 0.1) is 0 Å². The SMILES string of the molecule is CNC(=O)c1cc([C@H](C)O)ccn1. The summed E-state index contributed by atoms with van der Waals surface area (Å²) in [7, 11) is 1.54. The first-order valence-corrected chi connectivity index (χ1v) is 4.01. The Balaban J connectivity index is 2.98. The van der Waals surface area contributed by atoms with Crippen LogP contribution in [0.15, 0.2) is 18.3 Å². The van der Waals surface area contributed by atoms with Crippen LogP contribution in [-0.2, 0) is 0 Å². The number of pyridine rings is 1. The minimum Gasteiger partial charge on any atom is -0.389 e. The van der Waals surface area contributed by atoms with E-state index in [0.29, 0.717) is 11.3 Å². The molecule has 1 rings (SSSR count). The maximum absolute atomic E-state index is 11.1. The van der Waals surface area contributed by atoms with E-state index in [-0.39, 0.29) is 5.91 Å². The van der Waals surface area contributed by atoms with Crippen LogP contribution in [0.3, 0.4) is 0 Å². The Morgan fingerprint density at radius 3 is 2.92 bits per heavy atom. The van der Waals surface area contributed by atoms with Gasteiger partial charge in [0.1, 0.15) is 5.69 Å². The summed E-state index contributed by atoms with van der Waals surface area (Å²) in [4.78, 5) is 15.0. The van der Waals surface area contributed by atoms with E-state index in [1.807, 2.05) is 0 Å². The molecule has 2 N–H and O–H groups in total. The molecule has 0 spiro atoms. The highest BCUT2D eigenvalue weighted by molar-refractivity contribution is 5.92. The van der Waals surface area contributed by atoms with E-state index < -0.39 is 6.10 Å². The van der Waals surface area contributed by atoms with Crippen molar-refractivity contribution >= 4 is 5.91 Å². The van der Waals surface area contributed by atoms with Gasteiger partial charge in [0, 0.05) is 13.2 Å². The van der Waals surface area contributed by atoms with E-state index in [1.165, 1.54) is 6.20 Å². The lowest BCUT2D eigenvalue weighted by atomic mass is 10.1. The largest absolute Gasteiger partial charge is 0.389 e. The average molecular weight is 180 g/mol. The number of hydrogen-bond donors (Lipinski definition) is 2. The van der Waals surface area contributed by atoms with Crippen LogP contribution < -0.4 is 5.32 Å². The Bertz CT molecular complexity index is 310. The molecule has 4 nitrogen and oxygen atoms in total. The van der Waals surface area contributed by atoms with Crippen molar-refractivity contribution in [2.24, 2.45) is 0 Å². The molecule has 0 unspecified atom stereocenters. The number of amides is 1. The number of nitrogens with one attached hydrogen (secondary N) is 1. The molecule has 0 radical (unpaired) electrons. The predicted octanol–water partition coefficient (Wildman–Crippen LogP) is 0.494. The summed E-state index contributed by atoms with van der Waals surface area (Å²) >= 11 is 0. The molecular formula is C9H12N2O2. The normalized spacial score (nSPS) is 12.2. The smallest absolute Gasteiger partial charge is 0.269 e. The van der Waals surface area contributed by atoms with Gasteiger partial charge < -0.3 is 10.4 Å². The fourth-order valence-electron chi connectivity index (χ4n) is 0.959. The van der Waals surface area contributed by atoms with Crippen LogP contribution in [0.5, 0.6) is 0 Å². The lowest BCUT2D eigenvalue weighted by molar-refractivity contribution is 0.0958. The van der Waals surface area contributed by atoms with Crippen molar-refractivity contribution < 1.29 is 9.90 Å². The van der Waals surface area contributed by atoms with E-state index in [9.17, 15) is 9.90 Å². The standard InChI is InChI=1S/C9H12N2O2/c1-6(12)7-3-4-11-8(5-7)9(13)10-2/h3-6,12H,1-2H3,(H,10,13)/t6-/m0/s1. The van der Waals surface area contributed by atoms with Gasteiger partial charge in [0.25, 0.3) is 5.91 Å². The highest BCUT2D eigenvalue weighted by Gasteiger charge is 2.07. The second-order valence-corrected chi connectivity index (χ2v) is 2.73. The van der Waals surface area contributed by atoms with Crippen LogP contribution in [0.4, 0.5) is 0 Å². The molecule has 0 fully saturated rings. The average Bonchev–Trinajstić information content (AvgIpc) is 2.17. The third kappa shape index (κ3) is 2.26. The van der Waals surface area contributed by atoms with Gasteiger partial charge in [0.15, 0.2) is 0 Å². The van der Waals surface area contributed by atoms with E-state index in [1.54, 1.807) is 26.1 Å². The van der Waals surface area contributed by atoms with Gasteiger partial charge in [-0.3, -0.25) is 9.78 Å². The van der Waals surface area contributed by atoms with Crippen LogP contribution in [-0.4, -0.2) is 23.0 Å². The summed E-state index contributed by atoms with van der Waals surface area (Å²) in [6.07, 6.45) is 0.929. The molecule has 0 aliphatic rings. The Kier molecular flexibility index (Phi) is 2.97. The summed E-state index contributed by atoms with van der Waals surface area (Å²) in [5, 5.41) is 11.7. The first-order valence-electron chi connectivity index (χ1n) is 4.01. The van der Waals surface area contributed by atoms with Gasteiger partial charge in [0.2, 0.25) is 0 Å². The fourth-order valence-corrected chi connectivity index (χ4v) is 0.959. The monoisotopic (exact) mass is 180 g/mol. The van der Waals surface area contributed by atoms with Gasteiger partial charge in [-0.15, -0.1) is 0 Å². The third-order valence-corrected chi connectivity index (χ3v) is 1.73. The molecule has 4 heteroatoms. The number of carbonyl (C=O) groups excluding carboxylic acids is 1. The second kappa shape index (κ2) is 4.00. The minimum absolute atomic E-state index is 0.248. The van der Waals surface area contributed by atoms with Gasteiger partial charge in [-0.2, -0.15) is 0 Å². The quantitative estimate of drug-likeness (QED) is 0.696. The lowest BCUT2D eigenvalue weighted by Gasteiger charge is -2.05. The van der Waals surface area contributed by atoms with Crippen molar-refractivity contribution in [3.63, 3.8) is 0 Å². The lowest BCUT2D eigenvalue weighted by Crippen LogP contribution is -2.19. The zero-order valence-electron chi connectivity index (χ0n) is 7.61. The molecule has 0 saturated carbocycles. The summed E-state index contributed by atoms with van der Waals surface area (Å²) in [6, 6.07) is 3.25. The summed E-state index contributed by atoms with van der Waals surface area (Å²) in [5.41, 5.74) is 1.01. The van der Waals surface area contributed by atoms with E-state index >= 15 is 0 Å². The summed E-state index contributed by atoms with van der Waals surface area (Å²) in [5.74, 6) is -0.248. The fraction of sp³-hybridized carbons (Fsp3) is 0.333. The number of rotatable bonds is 2. The van der Waals surface area contributed by atoms with Gasteiger partial charge in [-0.25, -0.2) is 0 Å². The Labute approximate surface area is 76.6 Å². The molecule has 1 heterocycles. The Hall–Kier alpha value is -1.42. The van der Waals surface area contributed by atoms with E-state index in [0.717, 1.165) is 0 Å². The number of aromatic nitrogens is 1. The third-order valence-electron chi connectivity index (χ3n) is 1.73. The topological polar surface area (TPSA) is 62.2 Å². The van der Waals surface area contributed by atoms with Crippen molar-refractivity contribution in [2.45, 2.75) is 13.0 Å². The van der Waals surface area contributed by atoms with Crippen molar-refractivity contribution in [3.8, 4) is 0 Å². The van der Waals surface area contributed by atoms with Crippen LogP contribution in [0.1, 0.15) is 29.1 Å². The summed E-state index contributed by atoms with van der Waals surface area (Å²) < 4.78 is 0. The first kappa shape index (κ1) is 9.67. The first-order chi connectivity index (χ1) is 6.15. The maximum Gasteiger partial charge on any atom is 0.269 e. The molecule has 1 aromatic rings. The van der Waals surface area contributed by atoms with Gasteiger partial charge >= 0.3 is 0 Å². The van der Waals surface area contributed by atoms with Crippen molar-refractivity contribution in [2.75, 3.05) is 7.05 Å². The molecular weight excluding hydrogens is 168 g/mol. The second-order valence-electron chi connectivity index (χ2n) is 2.73. The van der Waals surface area contributed by atoms with Crippen LogP contribution in [0.2, 0.25) is 0 Å². The zero-order chi connectivity index (χ0) is 9.84. The molecule has 0 aliphatic carbocycles. The molecule has 1 amide bonds. The number of carbonyl (C=O) groups is 1. The minimum atomic E-state index is -0.577. The Morgan fingerprint density at radius 2 is 2.38 bits per heavy atom.